The Balaban J connectivity index is 2.41. The highest BCUT2D eigenvalue weighted by atomic mass is 19.4. The summed E-state index contributed by atoms with van der Waals surface area (Å²) in [6, 6.07) is 2.99. The molecule has 0 aromatic carbocycles. The number of nitrogens with zero attached hydrogens (tertiary/aromatic N) is 3. The van der Waals surface area contributed by atoms with E-state index in [2.05, 4.69) is 10.2 Å². The average molecular weight is 175 g/mol. The maximum absolute atomic E-state index is 12.1. The Bertz CT molecular complexity index is 325. The molecular weight excluding hydrogens is 171 g/mol. The minimum Gasteiger partial charge on any atom is -0.299 e. The van der Waals surface area contributed by atoms with Gasteiger partial charge >= 0.3 is 6.18 Å². The standard InChI is InChI=1S/C6H4F3N3/c7-6(8,9)5-11-10-4-2-1-3-12(4)5/h1-3,5H. The summed E-state index contributed by atoms with van der Waals surface area (Å²) in [5, 5.41) is 6.47. The van der Waals surface area contributed by atoms with Gasteiger partial charge < -0.3 is 0 Å². The molecule has 1 aliphatic heterocycles. The van der Waals surface area contributed by atoms with Crippen molar-refractivity contribution in [2.75, 3.05) is 0 Å². The molecule has 64 valence electrons. The van der Waals surface area contributed by atoms with E-state index >= 15 is 0 Å². The topological polar surface area (TPSA) is 29.6 Å². The average Bonchev–Trinajstić information content (AvgIpc) is 2.37. The maximum atomic E-state index is 12.1. The molecule has 2 heterocycles. The third-order valence-electron chi connectivity index (χ3n) is 1.58. The fraction of sp³-hybridized carbons (Fsp3) is 0.333. The lowest BCUT2D eigenvalue weighted by molar-refractivity contribution is -0.164. The molecule has 0 aliphatic carbocycles. The van der Waals surface area contributed by atoms with Gasteiger partial charge in [0.05, 0.1) is 0 Å². The van der Waals surface area contributed by atoms with Crippen molar-refractivity contribution in [1.29, 1.82) is 0 Å². The van der Waals surface area contributed by atoms with Gasteiger partial charge in [0.2, 0.25) is 6.17 Å². The number of aromatic nitrogens is 1. The number of azo groups is 1. The Morgan fingerprint density at radius 3 is 2.83 bits per heavy atom. The monoisotopic (exact) mass is 175 g/mol. The first-order chi connectivity index (χ1) is 5.59. The summed E-state index contributed by atoms with van der Waals surface area (Å²) in [7, 11) is 0. The van der Waals surface area contributed by atoms with Crippen LogP contribution in [0.5, 0.6) is 0 Å². The van der Waals surface area contributed by atoms with Crippen LogP contribution in [-0.2, 0) is 0 Å². The van der Waals surface area contributed by atoms with Crippen molar-refractivity contribution in [3.8, 4) is 0 Å². The van der Waals surface area contributed by atoms with E-state index in [1.165, 1.54) is 18.3 Å². The summed E-state index contributed by atoms with van der Waals surface area (Å²) in [5.74, 6) is 0.248. The summed E-state index contributed by atoms with van der Waals surface area (Å²) in [5.41, 5.74) is 0. The highest BCUT2D eigenvalue weighted by molar-refractivity contribution is 5.31. The molecule has 0 bridgehead atoms. The Morgan fingerprint density at radius 2 is 2.17 bits per heavy atom. The van der Waals surface area contributed by atoms with Crippen LogP contribution in [0.15, 0.2) is 28.6 Å². The molecule has 0 radical (unpaired) electrons. The molecule has 1 atom stereocenters. The fourth-order valence-electron chi connectivity index (χ4n) is 1.07. The van der Waals surface area contributed by atoms with E-state index < -0.39 is 12.3 Å². The Kier molecular flexibility index (Phi) is 1.27. The maximum Gasteiger partial charge on any atom is 0.431 e. The minimum atomic E-state index is -4.35. The molecule has 0 saturated heterocycles. The molecule has 6 heteroatoms. The number of fused-ring (bicyclic) bond motifs is 1. The van der Waals surface area contributed by atoms with E-state index in [4.69, 9.17) is 0 Å². The number of halogens is 3. The largest absolute Gasteiger partial charge is 0.431 e. The predicted octanol–water partition coefficient (Wildman–Crippen LogP) is 2.65. The van der Waals surface area contributed by atoms with E-state index in [1.807, 2.05) is 0 Å². The lowest BCUT2D eigenvalue weighted by Crippen LogP contribution is -2.21. The molecule has 0 amide bonds. The molecule has 0 N–H and O–H groups in total. The zero-order chi connectivity index (χ0) is 8.77. The predicted molar refractivity (Wildman–Crippen MR) is 34.0 cm³/mol. The first kappa shape index (κ1) is 7.33. The molecule has 0 fully saturated rings. The van der Waals surface area contributed by atoms with Crippen LogP contribution in [0.3, 0.4) is 0 Å². The second-order valence-electron chi connectivity index (χ2n) is 2.40. The molecule has 0 saturated carbocycles. The number of alkyl halides is 3. The Morgan fingerprint density at radius 1 is 1.42 bits per heavy atom. The fourth-order valence-corrected chi connectivity index (χ4v) is 1.07. The van der Waals surface area contributed by atoms with Gasteiger partial charge in [0.25, 0.3) is 0 Å². The lowest BCUT2D eigenvalue weighted by Gasteiger charge is -2.12. The van der Waals surface area contributed by atoms with Crippen molar-refractivity contribution in [3.63, 3.8) is 0 Å². The Hall–Kier alpha value is -1.33. The van der Waals surface area contributed by atoms with E-state index in [1.54, 1.807) is 0 Å². The molecule has 0 spiro atoms. The highest BCUT2D eigenvalue weighted by Crippen LogP contribution is 2.39. The van der Waals surface area contributed by atoms with Gasteiger partial charge in [0.15, 0.2) is 5.82 Å². The molecule has 1 unspecified atom stereocenters. The zero-order valence-corrected chi connectivity index (χ0v) is 5.78. The SMILES string of the molecule is FC(F)(F)C1N=Nc2cccn21. The van der Waals surface area contributed by atoms with Crippen LogP contribution in [0.1, 0.15) is 6.17 Å². The van der Waals surface area contributed by atoms with Crippen LogP contribution in [-0.4, -0.2) is 10.7 Å². The molecule has 1 aromatic rings. The van der Waals surface area contributed by atoms with Gasteiger partial charge in [-0.2, -0.15) is 18.3 Å². The lowest BCUT2D eigenvalue weighted by atomic mass is 10.5. The second-order valence-corrected chi connectivity index (χ2v) is 2.40. The third-order valence-corrected chi connectivity index (χ3v) is 1.58. The zero-order valence-electron chi connectivity index (χ0n) is 5.78. The quantitative estimate of drug-likeness (QED) is 0.580. The van der Waals surface area contributed by atoms with Gasteiger partial charge in [0, 0.05) is 6.20 Å². The molecule has 2 rings (SSSR count). The highest BCUT2D eigenvalue weighted by Gasteiger charge is 2.44. The number of hydrogen-bond donors (Lipinski definition) is 0. The van der Waals surface area contributed by atoms with Crippen LogP contribution in [0.25, 0.3) is 0 Å². The van der Waals surface area contributed by atoms with E-state index in [-0.39, 0.29) is 5.82 Å². The normalized spacial score (nSPS) is 21.4. The van der Waals surface area contributed by atoms with Crippen molar-refractivity contribution in [3.05, 3.63) is 18.3 Å². The first-order valence-corrected chi connectivity index (χ1v) is 3.23. The van der Waals surface area contributed by atoms with Gasteiger partial charge in [-0.25, -0.2) is 0 Å². The molecule has 3 nitrogen and oxygen atoms in total. The van der Waals surface area contributed by atoms with Gasteiger partial charge in [-0.1, -0.05) is 0 Å². The van der Waals surface area contributed by atoms with Crippen molar-refractivity contribution in [2.24, 2.45) is 10.2 Å². The molecular formula is C6H4F3N3. The molecule has 1 aromatic heterocycles. The Labute approximate surface area is 65.5 Å². The summed E-state index contributed by atoms with van der Waals surface area (Å²) < 4.78 is 37.4. The summed E-state index contributed by atoms with van der Waals surface area (Å²) in [6.07, 6.45) is -4.87. The summed E-state index contributed by atoms with van der Waals surface area (Å²) >= 11 is 0. The van der Waals surface area contributed by atoms with E-state index in [0.29, 0.717) is 0 Å². The summed E-state index contributed by atoms with van der Waals surface area (Å²) in [6.45, 7) is 0. The van der Waals surface area contributed by atoms with Crippen LogP contribution in [0.4, 0.5) is 19.0 Å². The number of rotatable bonds is 0. The summed E-state index contributed by atoms with van der Waals surface area (Å²) in [4.78, 5) is 0. The second kappa shape index (κ2) is 2.09. The number of hydrogen-bond acceptors (Lipinski definition) is 2. The van der Waals surface area contributed by atoms with E-state index in [0.717, 1.165) is 4.57 Å². The minimum absolute atomic E-state index is 0.248. The van der Waals surface area contributed by atoms with Gasteiger partial charge in [-0.05, 0) is 12.1 Å². The van der Waals surface area contributed by atoms with Crippen LogP contribution in [0.2, 0.25) is 0 Å². The van der Waals surface area contributed by atoms with Gasteiger partial charge in [-0.15, -0.1) is 5.11 Å². The van der Waals surface area contributed by atoms with Crippen molar-refractivity contribution >= 4 is 5.82 Å². The van der Waals surface area contributed by atoms with E-state index in [9.17, 15) is 13.2 Å². The van der Waals surface area contributed by atoms with Crippen LogP contribution < -0.4 is 0 Å². The smallest absolute Gasteiger partial charge is 0.299 e. The first-order valence-electron chi connectivity index (χ1n) is 3.23. The van der Waals surface area contributed by atoms with Crippen LogP contribution >= 0.6 is 0 Å². The van der Waals surface area contributed by atoms with Gasteiger partial charge in [-0.3, -0.25) is 4.57 Å². The van der Waals surface area contributed by atoms with Crippen molar-refractivity contribution < 1.29 is 13.2 Å². The van der Waals surface area contributed by atoms with Crippen molar-refractivity contribution in [1.82, 2.24) is 4.57 Å². The molecule has 12 heavy (non-hydrogen) atoms. The third kappa shape index (κ3) is 0.910. The van der Waals surface area contributed by atoms with Crippen molar-refractivity contribution in [2.45, 2.75) is 12.3 Å². The molecule has 1 aliphatic rings. The van der Waals surface area contributed by atoms with Crippen LogP contribution in [0, 0.1) is 0 Å². The van der Waals surface area contributed by atoms with Gasteiger partial charge in [0.1, 0.15) is 0 Å².